The topological polar surface area (TPSA) is 86.0 Å². The van der Waals surface area contributed by atoms with Crippen molar-refractivity contribution in [3.63, 3.8) is 0 Å². The van der Waals surface area contributed by atoms with Gasteiger partial charge in [0, 0.05) is 60.7 Å². The Labute approximate surface area is 259 Å². The number of aromatic nitrogens is 3. The van der Waals surface area contributed by atoms with Crippen molar-refractivity contribution in [2.45, 2.75) is 40.0 Å². The third-order valence-corrected chi connectivity index (χ3v) is 7.25. The fourth-order valence-corrected chi connectivity index (χ4v) is 4.90. The molecule has 1 aliphatic rings. The predicted octanol–water partition coefficient (Wildman–Crippen LogP) is 8.59. The number of hydrogen-bond donors (Lipinski definition) is 3. The van der Waals surface area contributed by atoms with Crippen LogP contribution in [0.3, 0.4) is 0 Å². The molecule has 12 heteroatoms. The lowest BCUT2D eigenvalue weighted by Gasteiger charge is -2.14. The zero-order valence-corrected chi connectivity index (χ0v) is 26.2. The van der Waals surface area contributed by atoms with Gasteiger partial charge in [0.1, 0.15) is 17.5 Å². The van der Waals surface area contributed by atoms with Crippen LogP contribution in [0.1, 0.15) is 54.6 Å². The number of aromatic amines is 2. The number of ether oxygens (including phenoxy) is 1. The van der Waals surface area contributed by atoms with Crippen molar-refractivity contribution >= 4 is 23.4 Å². The fourth-order valence-electron chi connectivity index (χ4n) is 4.12. The van der Waals surface area contributed by atoms with Gasteiger partial charge < -0.3 is 24.6 Å². The van der Waals surface area contributed by atoms with Gasteiger partial charge in [0.05, 0.1) is 22.8 Å². The van der Waals surface area contributed by atoms with Crippen LogP contribution in [-0.4, -0.2) is 53.1 Å². The minimum absolute atomic E-state index is 0.00976. The lowest BCUT2D eigenvalue weighted by molar-refractivity contribution is 0.103. The molecular weight excluding hydrogens is 594 g/mol. The molecule has 0 aliphatic heterocycles. The maximum atomic E-state index is 15.5. The Morgan fingerprint density at radius 3 is 2.50 bits per heavy atom. The molecule has 2 heterocycles. The van der Waals surface area contributed by atoms with Crippen LogP contribution in [0.4, 0.5) is 23.2 Å². The number of H-pyrrole nitrogens is 2. The Morgan fingerprint density at radius 1 is 1.05 bits per heavy atom. The van der Waals surface area contributed by atoms with E-state index in [0.29, 0.717) is 41.1 Å². The average Bonchev–Trinajstić information content (AvgIpc) is 3.00. The average molecular weight is 632 g/mol. The van der Waals surface area contributed by atoms with Crippen LogP contribution in [0.15, 0.2) is 71.6 Å². The lowest BCUT2D eigenvalue weighted by Crippen LogP contribution is -2.15. The first-order chi connectivity index (χ1) is 21.1. The summed E-state index contributed by atoms with van der Waals surface area (Å²) in [5.41, 5.74) is 0.777. The van der Waals surface area contributed by atoms with Gasteiger partial charge in [0.25, 0.3) is 0 Å². The summed E-state index contributed by atoms with van der Waals surface area (Å²) in [4.78, 5) is 19.8. The first kappa shape index (κ1) is 34.5. The number of halogens is 4. The zero-order chi connectivity index (χ0) is 32.2. The SMILES string of the molecule is CC.Cc1cc(-c2ccc(OCCCN(C)C)nc2)c[nH][nH]cc1C(=O)c1c(F)ccc(NSC2=C(F)CCC(F)=C2)c1F. The van der Waals surface area contributed by atoms with Gasteiger partial charge in [-0.1, -0.05) is 13.8 Å². The molecule has 0 saturated heterocycles. The summed E-state index contributed by atoms with van der Waals surface area (Å²) in [5, 5.41) is 5.59. The molecule has 3 N–H and O–H groups in total. The number of carbonyl (C=O) groups excluding carboxylic acids is 1. The van der Waals surface area contributed by atoms with Crippen molar-refractivity contribution < 1.29 is 27.1 Å². The second-order valence-corrected chi connectivity index (χ2v) is 10.7. The molecule has 2 aromatic heterocycles. The van der Waals surface area contributed by atoms with Crippen LogP contribution in [-0.2, 0) is 0 Å². The molecule has 236 valence electrons. The van der Waals surface area contributed by atoms with Crippen LogP contribution >= 0.6 is 11.9 Å². The molecule has 0 amide bonds. The number of ketones is 1. The molecule has 3 aromatic rings. The monoisotopic (exact) mass is 631 g/mol. The number of nitrogens with one attached hydrogen (secondary N) is 3. The summed E-state index contributed by atoms with van der Waals surface area (Å²) in [6, 6.07) is 7.28. The molecule has 0 radical (unpaired) electrons. The quantitative estimate of drug-likeness (QED) is 0.0851. The minimum Gasteiger partial charge on any atom is -0.478 e. The van der Waals surface area contributed by atoms with Gasteiger partial charge in [-0.05, 0) is 75.3 Å². The van der Waals surface area contributed by atoms with Crippen LogP contribution in [0, 0.1) is 18.6 Å². The highest BCUT2D eigenvalue weighted by atomic mass is 32.2. The van der Waals surface area contributed by atoms with Crippen molar-refractivity contribution in [2.24, 2.45) is 0 Å². The maximum Gasteiger partial charge on any atom is 0.213 e. The van der Waals surface area contributed by atoms with E-state index in [1.807, 2.05) is 34.0 Å². The molecule has 0 bridgehead atoms. The number of aryl methyl sites for hydroxylation is 1. The summed E-state index contributed by atoms with van der Waals surface area (Å²) >= 11 is 0.642. The Bertz CT molecular complexity index is 1550. The van der Waals surface area contributed by atoms with E-state index in [1.165, 1.54) is 6.20 Å². The van der Waals surface area contributed by atoms with E-state index >= 15 is 4.39 Å². The molecule has 0 atom stereocenters. The Balaban J connectivity index is 0.00000259. The summed E-state index contributed by atoms with van der Waals surface area (Å²) in [6.45, 7) is 7.07. The molecule has 1 aliphatic carbocycles. The summed E-state index contributed by atoms with van der Waals surface area (Å²) in [5.74, 6) is -3.69. The van der Waals surface area contributed by atoms with Gasteiger partial charge in [-0.2, -0.15) is 0 Å². The number of rotatable bonds is 11. The summed E-state index contributed by atoms with van der Waals surface area (Å²) in [7, 11) is 3.98. The largest absolute Gasteiger partial charge is 0.478 e. The Morgan fingerprint density at radius 2 is 1.80 bits per heavy atom. The van der Waals surface area contributed by atoms with E-state index in [2.05, 4.69) is 24.8 Å². The third kappa shape index (κ3) is 9.23. The zero-order valence-electron chi connectivity index (χ0n) is 25.4. The molecule has 1 aromatic carbocycles. The predicted molar refractivity (Wildman–Crippen MR) is 168 cm³/mol. The van der Waals surface area contributed by atoms with E-state index in [-0.39, 0.29) is 29.0 Å². The Kier molecular flexibility index (Phi) is 13.1. The van der Waals surface area contributed by atoms with Gasteiger partial charge in [0.15, 0.2) is 5.82 Å². The third-order valence-electron chi connectivity index (χ3n) is 6.37. The Hall–Kier alpha value is -4.03. The molecule has 44 heavy (non-hydrogen) atoms. The van der Waals surface area contributed by atoms with Crippen molar-refractivity contribution in [1.29, 1.82) is 0 Å². The van der Waals surface area contributed by atoms with E-state index < -0.39 is 34.6 Å². The molecule has 7 nitrogen and oxygen atoms in total. The number of anilines is 1. The minimum atomic E-state index is -1.15. The molecule has 0 spiro atoms. The van der Waals surface area contributed by atoms with Crippen LogP contribution < -0.4 is 9.46 Å². The second-order valence-electron chi connectivity index (χ2n) is 9.84. The number of benzene rings is 1. The van der Waals surface area contributed by atoms with Crippen molar-refractivity contribution in [3.8, 4) is 17.0 Å². The van der Waals surface area contributed by atoms with Gasteiger partial charge in [-0.15, -0.1) is 0 Å². The first-order valence-corrected chi connectivity index (χ1v) is 15.0. The second kappa shape index (κ2) is 16.7. The highest BCUT2D eigenvalue weighted by Gasteiger charge is 2.24. The number of hydrogen-bond acceptors (Lipinski definition) is 6. The molecule has 0 unspecified atom stereocenters. The van der Waals surface area contributed by atoms with Crippen molar-refractivity contribution in [3.05, 3.63) is 99.9 Å². The van der Waals surface area contributed by atoms with E-state index in [9.17, 15) is 18.0 Å². The van der Waals surface area contributed by atoms with Crippen molar-refractivity contribution in [2.75, 3.05) is 32.0 Å². The normalized spacial score (nSPS) is 12.7. The van der Waals surface area contributed by atoms with E-state index in [4.69, 9.17) is 4.74 Å². The van der Waals surface area contributed by atoms with Crippen molar-refractivity contribution in [1.82, 2.24) is 20.1 Å². The molecule has 0 fully saturated rings. The number of pyridine rings is 1. The molecule has 4 rings (SSSR count). The summed E-state index contributed by atoms with van der Waals surface area (Å²) < 4.78 is 66.2. The number of nitrogens with zero attached hydrogens (tertiary/aromatic N) is 2. The number of allylic oxidation sites excluding steroid dienone is 3. The fraction of sp³-hybridized carbons (Fsp3) is 0.312. The highest BCUT2D eigenvalue weighted by Crippen LogP contribution is 2.35. The van der Waals surface area contributed by atoms with Crippen LogP contribution in [0.5, 0.6) is 5.88 Å². The standard InChI is InChI=1S/C30H31F4N5O2S.C2H6/c1-18-13-20(19-5-10-27(35-15-19)41-12-4-11-39(2)3)16-36-37-17-22(18)30(40)28-24(33)8-9-25(29(28)34)38-42-26-14-21(31)6-7-23(26)32;1-2/h5,8-10,13-17,36-38H,4,6-7,11-12H2,1-3H3;1-2H3. The van der Waals surface area contributed by atoms with Crippen LogP contribution in [0.2, 0.25) is 0 Å². The first-order valence-electron chi connectivity index (χ1n) is 14.2. The lowest BCUT2D eigenvalue weighted by atomic mass is 9.98. The van der Waals surface area contributed by atoms with Crippen LogP contribution in [0.25, 0.3) is 11.1 Å². The summed E-state index contributed by atoms with van der Waals surface area (Å²) in [6.07, 6.45) is 6.32. The maximum absolute atomic E-state index is 15.5. The van der Waals surface area contributed by atoms with Gasteiger partial charge >= 0.3 is 0 Å². The van der Waals surface area contributed by atoms with E-state index in [1.54, 1.807) is 31.5 Å². The van der Waals surface area contributed by atoms with E-state index in [0.717, 1.165) is 31.2 Å². The van der Waals surface area contributed by atoms with Gasteiger partial charge in [-0.3, -0.25) is 4.79 Å². The highest BCUT2D eigenvalue weighted by molar-refractivity contribution is 8.04. The molecular formula is C32H37F4N5O2S. The molecule has 0 saturated carbocycles. The van der Waals surface area contributed by atoms with Gasteiger partial charge in [0.2, 0.25) is 11.7 Å². The van der Waals surface area contributed by atoms with Gasteiger partial charge in [-0.25, -0.2) is 22.5 Å². The number of carbonyl (C=O) groups is 1. The smallest absolute Gasteiger partial charge is 0.213 e.